The van der Waals surface area contributed by atoms with Crippen LogP contribution in [0, 0.1) is 13.8 Å². The molecule has 0 atom stereocenters. The van der Waals surface area contributed by atoms with Crippen molar-refractivity contribution in [3.8, 4) is 17.1 Å². The van der Waals surface area contributed by atoms with Crippen LogP contribution in [0.25, 0.3) is 17.1 Å². The monoisotopic (exact) mass is 378 g/mol. The van der Waals surface area contributed by atoms with Crippen molar-refractivity contribution in [2.75, 3.05) is 5.32 Å². The highest BCUT2D eigenvalue weighted by atomic mass is 35.5. The molecule has 2 N–H and O–H groups in total. The number of nitrogens with one attached hydrogen (secondary N) is 2. The summed E-state index contributed by atoms with van der Waals surface area (Å²) in [7, 11) is 0. The number of benzene rings is 2. The van der Waals surface area contributed by atoms with Gasteiger partial charge in [-0.15, -0.1) is 0 Å². The number of anilines is 1. The fourth-order valence-corrected chi connectivity index (χ4v) is 3.24. The summed E-state index contributed by atoms with van der Waals surface area (Å²) in [5.74, 6) is 1.47. The molecule has 0 aliphatic heterocycles. The summed E-state index contributed by atoms with van der Waals surface area (Å²) >= 11 is 6.60. The van der Waals surface area contributed by atoms with Gasteiger partial charge in [0, 0.05) is 23.4 Å². The molecule has 0 unspecified atom stereocenters. The molecular weight excluding hydrogens is 360 g/mol. The lowest BCUT2D eigenvalue weighted by molar-refractivity contribution is 0.863. The van der Waals surface area contributed by atoms with E-state index >= 15 is 0 Å². The normalized spacial score (nSPS) is 10.9. The number of aromatic nitrogens is 5. The third-order valence-electron chi connectivity index (χ3n) is 4.31. The standard InChI is InChI=1S/C20H19ClN6/c1-13-18(19(21)27(26-13)17-9-4-3-5-10-17)12-22-16-8-6-7-15(11-16)20-23-14(2)24-25-20/h3-11,22H,12H2,1-2H3,(H,23,24,25). The van der Waals surface area contributed by atoms with Crippen molar-refractivity contribution in [3.05, 3.63) is 76.8 Å². The van der Waals surface area contributed by atoms with Crippen LogP contribution in [-0.4, -0.2) is 25.0 Å². The topological polar surface area (TPSA) is 71.4 Å². The van der Waals surface area contributed by atoms with Crippen LogP contribution in [0.2, 0.25) is 5.15 Å². The van der Waals surface area contributed by atoms with Crippen molar-refractivity contribution < 1.29 is 0 Å². The van der Waals surface area contributed by atoms with Gasteiger partial charge in [0.05, 0.1) is 11.4 Å². The van der Waals surface area contributed by atoms with Crippen molar-refractivity contribution in [1.29, 1.82) is 0 Å². The van der Waals surface area contributed by atoms with Crippen LogP contribution in [-0.2, 0) is 6.54 Å². The molecule has 0 aliphatic carbocycles. The van der Waals surface area contributed by atoms with Gasteiger partial charge in [-0.05, 0) is 38.1 Å². The van der Waals surface area contributed by atoms with Crippen molar-refractivity contribution >= 4 is 17.3 Å². The molecule has 0 bridgehead atoms. The van der Waals surface area contributed by atoms with Crippen LogP contribution in [0.5, 0.6) is 0 Å². The number of aryl methyl sites for hydroxylation is 2. The average molecular weight is 379 g/mol. The highest BCUT2D eigenvalue weighted by molar-refractivity contribution is 6.30. The van der Waals surface area contributed by atoms with Crippen LogP contribution in [0.15, 0.2) is 54.6 Å². The Labute approximate surface area is 162 Å². The zero-order chi connectivity index (χ0) is 18.8. The largest absolute Gasteiger partial charge is 0.381 e. The SMILES string of the molecule is Cc1nc(-c2cccc(NCc3c(C)nn(-c4ccccc4)c3Cl)c2)n[nH]1. The summed E-state index contributed by atoms with van der Waals surface area (Å²) in [5, 5.41) is 15.7. The maximum absolute atomic E-state index is 6.60. The van der Waals surface area contributed by atoms with Crippen LogP contribution in [0.4, 0.5) is 5.69 Å². The van der Waals surface area contributed by atoms with Gasteiger partial charge in [-0.3, -0.25) is 5.10 Å². The van der Waals surface area contributed by atoms with Gasteiger partial charge in [0.2, 0.25) is 0 Å². The lowest BCUT2D eigenvalue weighted by atomic mass is 10.2. The van der Waals surface area contributed by atoms with Crippen LogP contribution in [0.3, 0.4) is 0 Å². The molecule has 0 radical (unpaired) electrons. The van der Waals surface area contributed by atoms with Crippen molar-refractivity contribution in [1.82, 2.24) is 25.0 Å². The molecule has 0 saturated heterocycles. The minimum absolute atomic E-state index is 0.577. The molecule has 2 aromatic heterocycles. The molecule has 27 heavy (non-hydrogen) atoms. The van der Waals surface area contributed by atoms with Gasteiger partial charge in [0.25, 0.3) is 0 Å². The zero-order valence-corrected chi connectivity index (χ0v) is 15.8. The van der Waals surface area contributed by atoms with Gasteiger partial charge in [0.15, 0.2) is 5.82 Å². The Morgan fingerprint density at radius 2 is 1.89 bits per heavy atom. The molecule has 2 aromatic carbocycles. The minimum atomic E-state index is 0.577. The van der Waals surface area contributed by atoms with E-state index in [9.17, 15) is 0 Å². The Morgan fingerprint density at radius 3 is 2.63 bits per heavy atom. The molecule has 7 heteroatoms. The number of hydrogen-bond donors (Lipinski definition) is 2. The number of hydrogen-bond acceptors (Lipinski definition) is 4. The first kappa shape index (κ1) is 17.3. The molecule has 6 nitrogen and oxygen atoms in total. The van der Waals surface area contributed by atoms with Gasteiger partial charge in [0.1, 0.15) is 11.0 Å². The Kier molecular flexibility index (Phi) is 4.64. The Bertz CT molecular complexity index is 1070. The van der Waals surface area contributed by atoms with E-state index in [1.165, 1.54) is 0 Å². The quantitative estimate of drug-likeness (QED) is 0.534. The predicted molar refractivity (Wildman–Crippen MR) is 107 cm³/mol. The smallest absolute Gasteiger partial charge is 0.181 e. The highest BCUT2D eigenvalue weighted by Gasteiger charge is 2.14. The number of aromatic amines is 1. The molecule has 0 amide bonds. The van der Waals surface area contributed by atoms with Crippen LogP contribution >= 0.6 is 11.6 Å². The van der Waals surface area contributed by atoms with Gasteiger partial charge < -0.3 is 5.32 Å². The Hall–Kier alpha value is -3.12. The molecule has 136 valence electrons. The van der Waals surface area contributed by atoms with E-state index in [0.29, 0.717) is 17.5 Å². The highest BCUT2D eigenvalue weighted by Crippen LogP contribution is 2.25. The third kappa shape index (κ3) is 3.57. The second kappa shape index (κ2) is 7.25. The van der Waals surface area contributed by atoms with Gasteiger partial charge in [-0.25, -0.2) is 9.67 Å². The number of halogens is 1. The third-order valence-corrected chi connectivity index (χ3v) is 4.70. The number of rotatable bonds is 5. The number of para-hydroxylation sites is 1. The summed E-state index contributed by atoms with van der Waals surface area (Å²) < 4.78 is 1.76. The molecule has 0 spiro atoms. The molecule has 4 aromatic rings. The summed E-state index contributed by atoms with van der Waals surface area (Å²) in [5.41, 5.74) is 4.74. The van der Waals surface area contributed by atoms with Gasteiger partial charge in [-0.2, -0.15) is 10.2 Å². The summed E-state index contributed by atoms with van der Waals surface area (Å²) in [4.78, 5) is 4.38. The van der Waals surface area contributed by atoms with E-state index in [0.717, 1.165) is 34.0 Å². The Balaban J connectivity index is 1.55. The van der Waals surface area contributed by atoms with E-state index < -0.39 is 0 Å². The van der Waals surface area contributed by atoms with Gasteiger partial charge in [-0.1, -0.05) is 41.9 Å². The molecule has 0 aliphatic rings. The summed E-state index contributed by atoms with van der Waals surface area (Å²) in [6.07, 6.45) is 0. The lowest BCUT2D eigenvalue weighted by Crippen LogP contribution is -2.01. The first-order valence-corrected chi connectivity index (χ1v) is 9.02. The van der Waals surface area contributed by atoms with Crippen LogP contribution in [0.1, 0.15) is 17.1 Å². The van der Waals surface area contributed by atoms with E-state index in [1.807, 2.05) is 68.4 Å². The minimum Gasteiger partial charge on any atom is -0.381 e. The maximum Gasteiger partial charge on any atom is 0.181 e. The second-order valence-corrected chi connectivity index (χ2v) is 6.64. The fourth-order valence-electron chi connectivity index (χ4n) is 2.90. The lowest BCUT2D eigenvalue weighted by Gasteiger charge is -2.08. The van der Waals surface area contributed by atoms with Crippen molar-refractivity contribution in [2.24, 2.45) is 0 Å². The first-order valence-electron chi connectivity index (χ1n) is 8.64. The van der Waals surface area contributed by atoms with E-state index in [4.69, 9.17) is 11.6 Å². The van der Waals surface area contributed by atoms with Crippen molar-refractivity contribution in [3.63, 3.8) is 0 Å². The molecule has 4 rings (SSSR count). The van der Waals surface area contributed by atoms with E-state index in [-0.39, 0.29) is 0 Å². The number of H-pyrrole nitrogens is 1. The second-order valence-electron chi connectivity index (χ2n) is 6.28. The maximum atomic E-state index is 6.60. The molecular formula is C20H19ClN6. The summed E-state index contributed by atoms with van der Waals surface area (Å²) in [6, 6.07) is 17.9. The van der Waals surface area contributed by atoms with Crippen molar-refractivity contribution in [2.45, 2.75) is 20.4 Å². The Morgan fingerprint density at radius 1 is 1.07 bits per heavy atom. The van der Waals surface area contributed by atoms with Gasteiger partial charge >= 0.3 is 0 Å². The predicted octanol–water partition coefficient (Wildman–Crippen LogP) is 4.54. The molecule has 0 saturated carbocycles. The summed E-state index contributed by atoms with van der Waals surface area (Å²) in [6.45, 7) is 4.43. The molecule has 0 fully saturated rings. The fraction of sp³-hybridized carbons (Fsp3) is 0.150. The van der Waals surface area contributed by atoms with Crippen LogP contribution < -0.4 is 5.32 Å². The first-order chi connectivity index (χ1) is 13.1. The van der Waals surface area contributed by atoms with E-state index in [2.05, 4.69) is 25.6 Å². The van der Waals surface area contributed by atoms with E-state index in [1.54, 1.807) is 4.68 Å². The average Bonchev–Trinajstić information content (AvgIpc) is 3.24. The zero-order valence-electron chi connectivity index (χ0n) is 15.1. The number of nitrogens with zero attached hydrogens (tertiary/aromatic N) is 4. The molecule has 2 heterocycles.